The first-order valence-electron chi connectivity index (χ1n) is 5.30. The second-order valence-electron chi connectivity index (χ2n) is 4.09. The normalized spacial score (nSPS) is 31.8. The lowest BCUT2D eigenvalue weighted by atomic mass is 10.1. The standard InChI is InChI=1S/C8H14N3O7P/c9-4-1-10-8(11-4)7-6(13)5(12)3(18-7)2-17-19(14,15)16/h1,3,5-7,12-13H,2,9H2,(H,10,11)(H2,14,15,16)/t3-,5-,6-,7?/m1/s1. The molecule has 0 radical (unpaired) electrons. The summed E-state index contributed by atoms with van der Waals surface area (Å²) >= 11 is 0. The SMILES string of the molecule is Nc1cnc(C2O[C@H](COP(=O)(O)O)[C@@H](O)[C@H]2O)[nH]1. The van der Waals surface area contributed by atoms with Crippen molar-refractivity contribution in [1.29, 1.82) is 0 Å². The first-order valence-corrected chi connectivity index (χ1v) is 6.83. The molecule has 0 aromatic carbocycles. The molecule has 1 aliphatic heterocycles. The van der Waals surface area contributed by atoms with Crippen LogP contribution in [0.2, 0.25) is 0 Å². The zero-order valence-corrected chi connectivity index (χ0v) is 10.5. The molecule has 10 nitrogen and oxygen atoms in total. The molecule has 1 aromatic heterocycles. The Labute approximate surface area is 107 Å². The van der Waals surface area contributed by atoms with Crippen LogP contribution >= 0.6 is 7.82 Å². The maximum atomic E-state index is 10.6. The van der Waals surface area contributed by atoms with Crippen LogP contribution in [-0.2, 0) is 13.8 Å². The average molecular weight is 295 g/mol. The maximum absolute atomic E-state index is 10.6. The van der Waals surface area contributed by atoms with Crippen LogP contribution in [0.3, 0.4) is 0 Å². The third-order valence-corrected chi connectivity index (χ3v) is 3.14. The van der Waals surface area contributed by atoms with Gasteiger partial charge in [0.25, 0.3) is 0 Å². The molecular weight excluding hydrogens is 281 g/mol. The number of phosphoric acid groups is 1. The van der Waals surface area contributed by atoms with Gasteiger partial charge in [0.05, 0.1) is 12.8 Å². The smallest absolute Gasteiger partial charge is 0.387 e. The van der Waals surface area contributed by atoms with Gasteiger partial charge in [-0.1, -0.05) is 0 Å². The molecule has 0 bridgehead atoms. The molecule has 108 valence electrons. The molecule has 19 heavy (non-hydrogen) atoms. The van der Waals surface area contributed by atoms with Gasteiger partial charge in [0, 0.05) is 0 Å². The number of nitrogens with two attached hydrogens (primary N) is 1. The Morgan fingerprint density at radius 1 is 1.47 bits per heavy atom. The van der Waals surface area contributed by atoms with Crippen LogP contribution in [-0.4, -0.2) is 54.9 Å². The number of anilines is 1. The Balaban J connectivity index is 2.04. The highest BCUT2D eigenvalue weighted by Crippen LogP contribution is 2.39. The van der Waals surface area contributed by atoms with E-state index in [1.54, 1.807) is 0 Å². The number of H-pyrrole nitrogens is 1. The van der Waals surface area contributed by atoms with E-state index in [0.717, 1.165) is 0 Å². The zero-order chi connectivity index (χ0) is 14.2. The fourth-order valence-electron chi connectivity index (χ4n) is 1.78. The van der Waals surface area contributed by atoms with E-state index in [9.17, 15) is 14.8 Å². The van der Waals surface area contributed by atoms with Gasteiger partial charge in [-0.3, -0.25) is 4.52 Å². The number of aliphatic hydroxyl groups is 2. The molecule has 0 aliphatic carbocycles. The molecular formula is C8H14N3O7P. The van der Waals surface area contributed by atoms with Crippen molar-refractivity contribution in [2.24, 2.45) is 0 Å². The number of aromatic amines is 1. The number of rotatable bonds is 4. The summed E-state index contributed by atoms with van der Waals surface area (Å²) in [6, 6.07) is 0. The van der Waals surface area contributed by atoms with Gasteiger partial charge in [-0.2, -0.15) is 0 Å². The van der Waals surface area contributed by atoms with Crippen LogP contribution in [0.15, 0.2) is 6.20 Å². The van der Waals surface area contributed by atoms with E-state index < -0.39 is 38.8 Å². The summed E-state index contributed by atoms with van der Waals surface area (Å²) < 4.78 is 20.1. The van der Waals surface area contributed by atoms with Crippen molar-refractivity contribution < 1.29 is 33.8 Å². The largest absolute Gasteiger partial charge is 0.469 e. The van der Waals surface area contributed by atoms with Crippen molar-refractivity contribution in [2.45, 2.75) is 24.4 Å². The van der Waals surface area contributed by atoms with E-state index in [1.165, 1.54) is 6.20 Å². The summed E-state index contributed by atoms with van der Waals surface area (Å²) in [6.45, 7) is -0.560. The summed E-state index contributed by atoms with van der Waals surface area (Å²) in [5, 5.41) is 19.5. The highest BCUT2D eigenvalue weighted by Gasteiger charge is 2.45. The highest BCUT2D eigenvalue weighted by atomic mass is 31.2. The molecule has 1 fully saturated rings. The third-order valence-electron chi connectivity index (χ3n) is 2.65. The topological polar surface area (TPSA) is 171 Å². The van der Waals surface area contributed by atoms with Crippen molar-refractivity contribution >= 4 is 13.6 Å². The minimum Gasteiger partial charge on any atom is -0.387 e. The Morgan fingerprint density at radius 2 is 2.16 bits per heavy atom. The van der Waals surface area contributed by atoms with Crippen LogP contribution in [0.5, 0.6) is 0 Å². The summed E-state index contributed by atoms with van der Waals surface area (Å²) in [5.41, 5.74) is 5.43. The lowest BCUT2D eigenvalue weighted by molar-refractivity contribution is -0.0245. The van der Waals surface area contributed by atoms with Crippen molar-refractivity contribution in [3.8, 4) is 0 Å². The molecule has 0 saturated carbocycles. The molecule has 11 heteroatoms. The Morgan fingerprint density at radius 3 is 2.68 bits per heavy atom. The summed E-state index contributed by atoms with van der Waals surface area (Å²) in [4.78, 5) is 23.6. The Hall–Kier alpha value is -1.00. The molecule has 4 atom stereocenters. The van der Waals surface area contributed by atoms with E-state index in [2.05, 4.69) is 14.5 Å². The molecule has 1 aromatic rings. The van der Waals surface area contributed by atoms with Gasteiger partial charge in [-0.15, -0.1) is 0 Å². The zero-order valence-electron chi connectivity index (χ0n) is 9.58. The van der Waals surface area contributed by atoms with Crippen LogP contribution in [0.25, 0.3) is 0 Å². The number of nitrogens with one attached hydrogen (secondary N) is 1. The number of aromatic nitrogens is 2. The third kappa shape index (κ3) is 3.31. The Kier molecular flexibility index (Phi) is 3.92. The van der Waals surface area contributed by atoms with Gasteiger partial charge >= 0.3 is 7.82 Å². The second kappa shape index (κ2) is 5.17. The molecule has 2 rings (SSSR count). The number of imidazole rings is 1. The number of aliphatic hydroxyl groups excluding tert-OH is 2. The lowest BCUT2D eigenvalue weighted by Gasteiger charge is -2.14. The quantitative estimate of drug-likeness (QED) is 0.353. The molecule has 1 unspecified atom stereocenters. The maximum Gasteiger partial charge on any atom is 0.469 e. The Bertz CT molecular complexity index is 488. The van der Waals surface area contributed by atoms with Crippen LogP contribution in [0.1, 0.15) is 11.9 Å². The lowest BCUT2D eigenvalue weighted by Crippen LogP contribution is -2.33. The van der Waals surface area contributed by atoms with Gasteiger partial charge in [-0.05, 0) is 0 Å². The van der Waals surface area contributed by atoms with Crippen LogP contribution in [0, 0.1) is 0 Å². The number of nitrogen functional groups attached to an aromatic ring is 1. The highest BCUT2D eigenvalue weighted by molar-refractivity contribution is 7.46. The molecule has 1 aliphatic rings. The van der Waals surface area contributed by atoms with Gasteiger partial charge in [0.1, 0.15) is 36.1 Å². The summed E-state index contributed by atoms with van der Waals surface area (Å²) in [7, 11) is -4.67. The van der Waals surface area contributed by atoms with Crippen molar-refractivity contribution in [1.82, 2.24) is 9.97 Å². The second-order valence-corrected chi connectivity index (χ2v) is 5.33. The van der Waals surface area contributed by atoms with E-state index in [-0.39, 0.29) is 11.6 Å². The number of nitrogens with zero attached hydrogens (tertiary/aromatic N) is 1. The number of hydrogen-bond donors (Lipinski definition) is 6. The van der Waals surface area contributed by atoms with E-state index in [0.29, 0.717) is 0 Å². The van der Waals surface area contributed by atoms with Crippen LogP contribution in [0.4, 0.5) is 5.82 Å². The predicted molar refractivity (Wildman–Crippen MR) is 60.6 cm³/mol. The van der Waals surface area contributed by atoms with Crippen molar-refractivity contribution in [3.63, 3.8) is 0 Å². The molecule has 1 saturated heterocycles. The molecule has 2 heterocycles. The van der Waals surface area contributed by atoms with Crippen molar-refractivity contribution in [2.75, 3.05) is 12.3 Å². The monoisotopic (exact) mass is 295 g/mol. The van der Waals surface area contributed by atoms with E-state index in [4.69, 9.17) is 20.3 Å². The molecule has 0 amide bonds. The first kappa shape index (κ1) is 14.4. The van der Waals surface area contributed by atoms with Gasteiger partial charge in [-0.25, -0.2) is 9.55 Å². The minimum atomic E-state index is -4.67. The predicted octanol–water partition coefficient (Wildman–Crippen LogP) is -1.74. The fourth-order valence-corrected chi connectivity index (χ4v) is 2.12. The number of phosphoric ester groups is 1. The van der Waals surface area contributed by atoms with Crippen molar-refractivity contribution in [3.05, 3.63) is 12.0 Å². The average Bonchev–Trinajstić information content (AvgIpc) is 2.83. The van der Waals surface area contributed by atoms with E-state index in [1.807, 2.05) is 0 Å². The number of hydrogen-bond acceptors (Lipinski definition) is 7. The van der Waals surface area contributed by atoms with Gasteiger partial charge in [0.15, 0.2) is 0 Å². The molecule has 7 N–H and O–H groups in total. The first-order chi connectivity index (χ1) is 8.78. The minimum absolute atomic E-state index is 0.211. The van der Waals surface area contributed by atoms with E-state index >= 15 is 0 Å². The fraction of sp³-hybridized carbons (Fsp3) is 0.625. The van der Waals surface area contributed by atoms with Gasteiger partial charge < -0.3 is 35.5 Å². The summed E-state index contributed by atoms with van der Waals surface area (Å²) in [5.74, 6) is 0.470. The molecule has 0 spiro atoms. The van der Waals surface area contributed by atoms with Crippen LogP contribution < -0.4 is 5.73 Å². The number of ether oxygens (including phenoxy) is 1. The van der Waals surface area contributed by atoms with Gasteiger partial charge in [0.2, 0.25) is 0 Å². The summed E-state index contributed by atoms with van der Waals surface area (Å²) in [6.07, 6.45) is -3.41.